The van der Waals surface area contributed by atoms with Gasteiger partial charge in [0.1, 0.15) is 11.4 Å². The quantitative estimate of drug-likeness (QED) is 0.387. The first-order valence-electron chi connectivity index (χ1n) is 6.33. The first-order valence-corrected chi connectivity index (χ1v) is 6.33. The molecule has 20 heavy (non-hydrogen) atoms. The number of pyridine rings is 1. The molecule has 0 aliphatic heterocycles. The molecule has 0 amide bonds. The SMILES string of the molecule is CC(C)c1ccccc1Oc1cccc(C(N)=NO)n1. The van der Waals surface area contributed by atoms with Gasteiger partial charge in [-0.1, -0.05) is 43.3 Å². The van der Waals surface area contributed by atoms with Crippen LogP contribution in [0.4, 0.5) is 0 Å². The molecule has 2 aromatic rings. The number of para-hydroxylation sites is 1. The molecule has 0 aliphatic rings. The standard InChI is InChI=1S/C15H17N3O2/c1-10(2)11-6-3-4-8-13(11)20-14-9-5-7-12(17-14)15(16)18-19/h3-10,19H,1-2H3,(H2,16,18). The lowest BCUT2D eigenvalue weighted by Gasteiger charge is -2.13. The Labute approximate surface area is 117 Å². The predicted octanol–water partition coefficient (Wildman–Crippen LogP) is 3.09. The molecule has 0 bridgehead atoms. The monoisotopic (exact) mass is 271 g/mol. The van der Waals surface area contributed by atoms with Gasteiger partial charge in [0, 0.05) is 6.07 Å². The molecule has 5 heteroatoms. The fraction of sp³-hybridized carbons (Fsp3) is 0.200. The van der Waals surface area contributed by atoms with Gasteiger partial charge in [0.15, 0.2) is 5.84 Å². The molecule has 0 radical (unpaired) electrons. The number of oxime groups is 1. The number of amidine groups is 1. The lowest BCUT2D eigenvalue weighted by molar-refractivity contribution is 0.318. The van der Waals surface area contributed by atoms with Crippen molar-refractivity contribution in [2.24, 2.45) is 10.9 Å². The zero-order valence-electron chi connectivity index (χ0n) is 11.4. The number of hydrogen-bond acceptors (Lipinski definition) is 4. The molecule has 0 unspecified atom stereocenters. The van der Waals surface area contributed by atoms with Gasteiger partial charge in [0.05, 0.1) is 0 Å². The molecule has 2 rings (SSSR count). The first-order chi connectivity index (χ1) is 9.61. The van der Waals surface area contributed by atoms with E-state index in [1.807, 2.05) is 24.3 Å². The summed E-state index contributed by atoms with van der Waals surface area (Å²) in [4.78, 5) is 4.20. The van der Waals surface area contributed by atoms with E-state index < -0.39 is 0 Å². The van der Waals surface area contributed by atoms with Gasteiger partial charge in [-0.25, -0.2) is 4.98 Å². The Morgan fingerprint density at radius 2 is 1.95 bits per heavy atom. The van der Waals surface area contributed by atoms with E-state index in [1.165, 1.54) is 0 Å². The first kappa shape index (κ1) is 13.9. The average Bonchev–Trinajstić information content (AvgIpc) is 2.47. The van der Waals surface area contributed by atoms with Crippen LogP contribution in [0.15, 0.2) is 47.6 Å². The van der Waals surface area contributed by atoms with Crippen molar-refractivity contribution in [1.82, 2.24) is 4.98 Å². The minimum atomic E-state index is -0.0485. The molecule has 0 atom stereocenters. The summed E-state index contributed by atoms with van der Waals surface area (Å²) >= 11 is 0. The van der Waals surface area contributed by atoms with Crippen LogP contribution in [-0.4, -0.2) is 16.0 Å². The van der Waals surface area contributed by atoms with Crippen molar-refractivity contribution in [3.05, 3.63) is 53.7 Å². The van der Waals surface area contributed by atoms with Crippen molar-refractivity contribution in [2.75, 3.05) is 0 Å². The number of rotatable bonds is 4. The van der Waals surface area contributed by atoms with Gasteiger partial charge in [-0.2, -0.15) is 0 Å². The third-order valence-electron chi connectivity index (χ3n) is 2.85. The van der Waals surface area contributed by atoms with Crippen LogP contribution in [0, 0.1) is 0 Å². The van der Waals surface area contributed by atoms with Crippen LogP contribution in [0.1, 0.15) is 31.0 Å². The van der Waals surface area contributed by atoms with Gasteiger partial charge in [0.25, 0.3) is 0 Å². The topological polar surface area (TPSA) is 80.7 Å². The second-order valence-corrected chi connectivity index (χ2v) is 4.64. The van der Waals surface area contributed by atoms with Crippen molar-refractivity contribution in [2.45, 2.75) is 19.8 Å². The minimum absolute atomic E-state index is 0.0485. The Morgan fingerprint density at radius 3 is 2.65 bits per heavy atom. The molecule has 0 saturated carbocycles. The lowest BCUT2D eigenvalue weighted by atomic mass is 10.0. The van der Waals surface area contributed by atoms with E-state index in [2.05, 4.69) is 24.0 Å². The lowest BCUT2D eigenvalue weighted by Crippen LogP contribution is -2.15. The Kier molecular flexibility index (Phi) is 4.20. The molecule has 0 spiro atoms. The van der Waals surface area contributed by atoms with Crippen LogP contribution >= 0.6 is 0 Å². The number of aromatic nitrogens is 1. The molecule has 0 fully saturated rings. The normalized spacial score (nSPS) is 11.7. The number of benzene rings is 1. The van der Waals surface area contributed by atoms with E-state index in [1.54, 1.807) is 18.2 Å². The zero-order chi connectivity index (χ0) is 14.5. The van der Waals surface area contributed by atoms with Crippen LogP contribution in [0.2, 0.25) is 0 Å². The van der Waals surface area contributed by atoms with Crippen LogP contribution in [0.5, 0.6) is 11.6 Å². The molecule has 0 saturated heterocycles. The van der Waals surface area contributed by atoms with E-state index >= 15 is 0 Å². The van der Waals surface area contributed by atoms with E-state index in [-0.39, 0.29) is 5.84 Å². The number of hydrogen-bond donors (Lipinski definition) is 2. The third-order valence-corrected chi connectivity index (χ3v) is 2.85. The van der Waals surface area contributed by atoms with Crippen molar-refractivity contribution in [1.29, 1.82) is 0 Å². The van der Waals surface area contributed by atoms with Gasteiger partial charge in [0.2, 0.25) is 5.88 Å². The largest absolute Gasteiger partial charge is 0.439 e. The molecule has 5 nitrogen and oxygen atoms in total. The van der Waals surface area contributed by atoms with E-state index in [0.717, 1.165) is 11.3 Å². The summed E-state index contributed by atoms with van der Waals surface area (Å²) in [5, 5.41) is 11.6. The minimum Gasteiger partial charge on any atom is -0.439 e. The van der Waals surface area contributed by atoms with Crippen molar-refractivity contribution in [3.63, 3.8) is 0 Å². The summed E-state index contributed by atoms with van der Waals surface area (Å²) in [5.41, 5.74) is 6.98. The third kappa shape index (κ3) is 3.06. The summed E-state index contributed by atoms with van der Waals surface area (Å²) in [6.07, 6.45) is 0. The molecular weight excluding hydrogens is 254 g/mol. The molecule has 1 aromatic heterocycles. The Bertz CT molecular complexity index is 624. The van der Waals surface area contributed by atoms with Crippen LogP contribution in [0.3, 0.4) is 0 Å². The summed E-state index contributed by atoms with van der Waals surface area (Å²) in [6.45, 7) is 4.20. The fourth-order valence-electron chi connectivity index (χ4n) is 1.83. The van der Waals surface area contributed by atoms with E-state index in [9.17, 15) is 0 Å². The molecule has 1 aromatic carbocycles. The highest BCUT2D eigenvalue weighted by Crippen LogP contribution is 2.29. The molecule has 0 aliphatic carbocycles. The van der Waals surface area contributed by atoms with Gasteiger partial charge in [-0.05, 0) is 23.6 Å². The van der Waals surface area contributed by atoms with Gasteiger partial charge in [-0.3, -0.25) is 0 Å². The van der Waals surface area contributed by atoms with Gasteiger partial charge >= 0.3 is 0 Å². The smallest absolute Gasteiger partial charge is 0.219 e. The Hall–Kier alpha value is -2.56. The number of nitrogens with two attached hydrogens (primary N) is 1. The highest BCUT2D eigenvalue weighted by molar-refractivity contribution is 5.95. The highest BCUT2D eigenvalue weighted by atomic mass is 16.5. The Morgan fingerprint density at radius 1 is 1.20 bits per heavy atom. The van der Waals surface area contributed by atoms with Crippen LogP contribution in [-0.2, 0) is 0 Å². The number of ether oxygens (including phenoxy) is 1. The van der Waals surface area contributed by atoms with Crippen molar-refractivity contribution >= 4 is 5.84 Å². The maximum atomic E-state index is 8.67. The molecular formula is C15H17N3O2. The zero-order valence-corrected chi connectivity index (χ0v) is 11.4. The highest BCUT2D eigenvalue weighted by Gasteiger charge is 2.09. The summed E-state index contributed by atoms with van der Waals surface area (Å²) < 4.78 is 5.80. The fourth-order valence-corrected chi connectivity index (χ4v) is 1.83. The summed E-state index contributed by atoms with van der Waals surface area (Å²) in [7, 11) is 0. The second kappa shape index (κ2) is 6.06. The van der Waals surface area contributed by atoms with Crippen LogP contribution in [0.25, 0.3) is 0 Å². The maximum Gasteiger partial charge on any atom is 0.219 e. The van der Waals surface area contributed by atoms with Gasteiger partial charge < -0.3 is 15.7 Å². The second-order valence-electron chi connectivity index (χ2n) is 4.64. The van der Waals surface area contributed by atoms with Gasteiger partial charge in [-0.15, -0.1) is 0 Å². The van der Waals surface area contributed by atoms with E-state index in [4.69, 9.17) is 15.7 Å². The molecule has 1 heterocycles. The maximum absolute atomic E-state index is 8.67. The van der Waals surface area contributed by atoms with Crippen molar-refractivity contribution < 1.29 is 9.94 Å². The van der Waals surface area contributed by atoms with E-state index in [0.29, 0.717) is 17.5 Å². The summed E-state index contributed by atoms with van der Waals surface area (Å²) in [6, 6.07) is 12.9. The molecule has 3 N–H and O–H groups in total. The Balaban J connectivity index is 2.31. The summed E-state index contributed by atoms with van der Waals surface area (Å²) in [5.74, 6) is 1.46. The predicted molar refractivity (Wildman–Crippen MR) is 77.4 cm³/mol. The number of nitrogens with zero attached hydrogens (tertiary/aromatic N) is 2. The molecule has 104 valence electrons. The average molecular weight is 271 g/mol. The van der Waals surface area contributed by atoms with Crippen LogP contribution < -0.4 is 10.5 Å². The van der Waals surface area contributed by atoms with Crippen molar-refractivity contribution in [3.8, 4) is 11.6 Å².